The summed E-state index contributed by atoms with van der Waals surface area (Å²) in [6.45, 7) is 7.99. The molecule has 0 aromatic carbocycles. The second-order valence-electron chi connectivity index (χ2n) is 2.33. The van der Waals surface area contributed by atoms with E-state index in [-0.39, 0.29) is 0 Å². The highest BCUT2D eigenvalue weighted by Gasteiger charge is 2.03. The second kappa shape index (κ2) is 3.51. The first-order valence-electron chi connectivity index (χ1n) is 3.06. The van der Waals surface area contributed by atoms with Gasteiger partial charge in [0, 0.05) is 12.7 Å². The molecule has 0 aliphatic carbocycles. The van der Waals surface area contributed by atoms with E-state index in [9.17, 15) is 0 Å². The Morgan fingerprint density at radius 2 is 2.00 bits per heavy atom. The summed E-state index contributed by atoms with van der Waals surface area (Å²) in [5.41, 5.74) is 0.998. The molecule has 0 unspecified atom stereocenters. The number of nitrogens with zero attached hydrogens (tertiary/aromatic N) is 1. The van der Waals surface area contributed by atoms with Gasteiger partial charge in [0.15, 0.2) is 0 Å². The molecule has 0 atom stereocenters. The quantitative estimate of drug-likeness (QED) is 0.537. The molecule has 0 bridgehead atoms. The predicted molar refractivity (Wildman–Crippen MR) is 38.8 cm³/mol. The summed E-state index contributed by atoms with van der Waals surface area (Å²) in [6, 6.07) is 0. The second-order valence-corrected chi connectivity index (χ2v) is 2.33. The minimum Gasteiger partial charge on any atom is -0.277 e. The van der Waals surface area contributed by atoms with Crippen LogP contribution in [0.25, 0.3) is 0 Å². The van der Waals surface area contributed by atoms with E-state index in [0.717, 1.165) is 5.70 Å². The Bertz CT molecular complexity index is 99.1. The zero-order valence-electron chi connectivity index (χ0n) is 6.64. The molecule has 0 amide bonds. The highest BCUT2D eigenvalue weighted by atomic mass is 16.7. The van der Waals surface area contributed by atoms with E-state index < -0.39 is 0 Å². The predicted octanol–water partition coefficient (Wildman–Crippen LogP) is 1.65. The minimum absolute atomic E-state index is 0.454. The molecule has 0 radical (unpaired) electrons. The average Bonchev–Trinajstić information content (AvgIpc) is 1.84. The molecule has 2 heteroatoms. The van der Waals surface area contributed by atoms with Gasteiger partial charge < -0.3 is 0 Å². The number of allylic oxidation sites excluding steroid dienone is 1. The molecule has 0 heterocycles. The first kappa shape index (κ1) is 8.50. The highest BCUT2D eigenvalue weighted by molar-refractivity contribution is 4.91. The summed E-state index contributed by atoms with van der Waals surface area (Å²) in [5.74, 6) is 0.454. The molecular formula is C7H15NO. The summed E-state index contributed by atoms with van der Waals surface area (Å²) < 4.78 is 0. The highest BCUT2D eigenvalue weighted by Crippen LogP contribution is 2.09. The Balaban J connectivity index is 3.73. The number of hydrogen-bond acceptors (Lipinski definition) is 2. The van der Waals surface area contributed by atoms with E-state index in [1.807, 2.05) is 7.05 Å². The van der Waals surface area contributed by atoms with E-state index in [2.05, 4.69) is 20.4 Å². The first-order chi connectivity index (χ1) is 4.09. The van der Waals surface area contributed by atoms with Crippen LogP contribution in [0.2, 0.25) is 0 Å². The van der Waals surface area contributed by atoms with Gasteiger partial charge in [-0.2, -0.15) is 0 Å². The molecule has 0 aromatic rings. The molecule has 0 spiro atoms. The lowest BCUT2D eigenvalue weighted by Crippen LogP contribution is -2.18. The molecule has 0 aliphatic rings. The molecule has 0 aromatic heterocycles. The van der Waals surface area contributed by atoms with Crippen molar-refractivity contribution in [1.29, 1.82) is 0 Å². The van der Waals surface area contributed by atoms with Gasteiger partial charge in [0.2, 0.25) is 0 Å². The zero-order valence-corrected chi connectivity index (χ0v) is 6.64. The molecular weight excluding hydrogens is 114 g/mol. The van der Waals surface area contributed by atoms with Crippen molar-refractivity contribution in [2.75, 3.05) is 14.2 Å². The normalized spacial score (nSPS) is 9.89. The van der Waals surface area contributed by atoms with Gasteiger partial charge in [-0.25, -0.2) is 0 Å². The molecule has 0 N–H and O–H groups in total. The van der Waals surface area contributed by atoms with Crippen LogP contribution in [0, 0.1) is 5.92 Å². The van der Waals surface area contributed by atoms with Crippen molar-refractivity contribution >= 4 is 0 Å². The Morgan fingerprint density at radius 1 is 1.56 bits per heavy atom. The number of rotatable bonds is 3. The summed E-state index contributed by atoms with van der Waals surface area (Å²) in [7, 11) is 3.48. The smallest absolute Gasteiger partial charge is 0.0638 e. The van der Waals surface area contributed by atoms with Gasteiger partial charge in [-0.15, -0.1) is 0 Å². The van der Waals surface area contributed by atoms with Crippen molar-refractivity contribution in [2.24, 2.45) is 5.92 Å². The third-order valence-corrected chi connectivity index (χ3v) is 1.34. The maximum Gasteiger partial charge on any atom is 0.0638 e. The Labute approximate surface area is 57.1 Å². The molecule has 54 valence electrons. The average molecular weight is 129 g/mol. The molecule has 0 aliphatic heterocycles. The van der Waals surface area contributed by atoms with Crippen LogP contribution < -0.4 is 0 Å². The van der Waals surface area contributed by atoms with Crippen LogP contribution in [0.5, 0.6) is 0 Å². The summed E-state index contributed by atoms with van der Waals surface area (Å²) in [5, 5.41) is 1.67. The monoisotopic (exact) mass is 129 g/mol. The number of hydroxylamine groups is 2. The molecule has 9 heavy (non-hydrogen) atoms. The van der Waals surface area contributed by atoms with Crippen LogP contribution in [0.15, 0.2) is 12.3 Å². The minimum atomic E-state index is 0.454. The Kier molecular flexibility index (Phi) is 3.32. The fourth-order valence-corrected chi connectivity index (χ4v) is 0.481. The van der Waals surface area contributed by atoms with Gasteiger partial charge in [-0.05, 0) is 5.92 Å². The van der Waals surface area contributed by atoms with E-state index in [1.54, 1.807) is 12.2 Å². The third kappa shape index (κ3) is 2.51. The lowest BCUT2D eigenvalue weighted by atomic mass is 10.2. The lowest BCUT2D eigenvalue weighted by molar-refractivity contribution is -0.0835. The number of hydrogen-bond donors (Lipinski definition) is 0. The van der Waals surface area contributed by atoms with Gasteiger partial charge in [-0.1, -0.05) is 20.4 Å². The van der Waals surface area contributed by atoms with Crippen molar-refractivity contribution in [3.63, 3.8) is 0 Å². The van der Waals surface area contributed by atoms with Crippen LogP contribution in [-0.4, -0.2) is 19.2 Å². The van der Waals surface area contributed by atoms with Gasteiger partial charge in [0.25, 0.3) is 0 Å². The van der Waals surface area contributed by atoms with E-state index >= 15 is 0 Å². The van der Waals surface area contributed by atoms with Crippen molar-refractivity contribution in [2.45, 2.75) is 13.8 Å². The Morgan fingerprint density at radius 3 is 2.11 bits per heavy atom. The van der Waals surface area contributed by atoms with Crippen molar-refractivity contribution in [3.8, 4) is 0 Å². The maximum absolute atomic E-state index is 4.91. The zero-order chi connectivity index (χ0) is 7.44. The van der Waals surface area contributed by atoms with Crippen molar-refractivity contribution < 1.29 is 4.84 Å². The van der Waals surface area contributed by atoms with Gasteiger partial charge in [0.05, 0.1) is 7.11 Å². The van der Waals surface area contributed by atoms with Gasteiger partial charge in [0.1, 0.15) is 0 Å². The first-order valence-corrected chi connectivity index (χ1v) is 3.06. The van der Waals surface area contributed by atoms with Crippen LogP contribution in [0.1, 0.15) is 13.8 Å². The Hall–Kier alpha value is -0.500. The van der Waals surface area contributed by atoms with Crippen molar-refractivity contribution in [3.05, 3.63) is 12.3 Å². The molecule has 0 fully saturated rings. The standard InChI is InChI=1S/C7H15NO/c1-6(2)7(3)8(4)9-5/h6H,3H2,1-2,4-5H3. The van der Waals surface area contributed by atoms with Crippen LogP contribution in [0.4, 0.5) is 0 Å². The molecule has 0 saturated carbocycles. The topological polar surface area (TPSA) is 12.5 Å². The summed E-state index contributed by atoms with van der Waals surface area (Å²) >= 11 is 0. The van der Waals surface area contributed by atoms with Gasteiger partial charge in [-0.3, -0.25) is 9.90 Å². The van der Waals surface area contributed by atoms with Crippen LogP contribution in [0.3, 0.4) is 0 Å². The van der Waals surface area contributed by atoms with Crippen molar-refractivity contribution in [1.82, 2.24) is 5.06 Å². The van der Waals surface area contributed by atoms with E-state index in [0.29, 0.717) is 5.92 Å². The maximum atomic E-state index is 4.91. The lowest BCUT2D eigenvalue weighted by Gasteiger charge is -2.20. The van der Waals surface area contributed by atoms with Gasteiger partial charge >= 0.3 is 0 Å². The van der Waals surface area contributed by atoms with Crippen LogP contribution in [-0.2, 0) is 4.84 Å². The molecule has 0 rings (SSSR count). The van der Waals surface area contributed by atoms with Crippen LogP contribution >= 0.6 is 0 Å². The SMILES string of the molecule is C=C(C(C)C)N(C)OC. The fourth-order valence-electron chi connectivity index (χ4n) is 0.481. The van der Waals surface area contributed by atoms with E-state index in [4.69, 9.17) is 4.84 Å². The fraction of sp³-hybridized carbons (Fsp3) is 0.714. The summed E-state index contributed by atoms with van der Waals surface area (Å²) in [6.07, 6.45) is 0. The molecule has 2 nitrogen and oxygen atoms in total. The summed E-state index contributed by atoms with van der Waals surface area (Å²) in [4.78, 5) is 4.91. The molecule has 0 saturated heterocycles. The third-order valence-electron chi connectivity index (χ3n) is 1.34. The largest absolute Gasteiger partial charge is 0.277 e. The van der Waals surface area contributed by atoms with E-state index in [1.165, 1.54) is 0 Å².